The number of hydrogen-bond acceptors (Lipinski definition) is 4. The summed E-state index contributed by atoms with van der Waals surface area (Å²) < 4.78 is 28.6. The molecule has 3 rings (SSSR count). The van der Waals surface area contributed by atoms with Gasteiger partial charge in [0.1, 0.15) is 23.5 Å². The number of carbonyl (C=O) groups excluding carboxylic acids is 1. The van der Waals surface area contributed by atoms with Crippen molar-refractivity contribution in [3.05, 3.63) is 71.1 Å². The van der Waals surface area contributed by atoms with E-state index in [2.05, 4.69) is 20.8 Å². The number of aryl methyl sites for hydroxylation is 2. The van der Waals surface area contributed by atoms with Gasteiger partial charge >= 0.3 is 0 Å². The zero-order valence-electron chi connectivity index (χ0n) is 14.3. The summed E-state index contributed by atoms with van der Waals surface area (Å²) in [4.78, 5) is 12.8. The van der Waals surface area contributed by atoms with Gasteiger partial charge in [0.25, 0.3) is 0 Å². The van der Waals surface area contributed by atoms with Gasteiger partial charge in [-0.05, 0) is 59.7 Å². The number of tetrazole rings is 1. The summed E-state index contributed by atoms with van der Waals surface area (Å²) in [5.74, 6) is -0.789. The van der Waals surface area contributed by atoms with Gasteiger partial charge in [-0.25, -0.2) is 13.5 Å². The molecule has 0 aliphatic carbocycles. The van der Waals surface area contributed by atoms with Gasteiger partial charge in [-0.2, -0.15) is 0 Å². The molecule has 0 radical (unpaired) electrons. The molecule has 6 nitrogen and oxygen atoms in total. The summed E-state index contributed by atoms with van der Waals surface area (Å²) in [6.07, 6.45) is 0.184. The summed E-state index contributed by atoms with van der Waals surface area (Å²) in [6, 6.07) is 9.60. The fourth-order valence-electron chi connectivity index (χ4n) is 2.60. The Bertz CT molecular complexity index is 941. The Morgan fingerprint density at radius 1 is 1.19 bits per heavy atom. The van der Waals surface area contributed by atoms with Crippen LogP contribution in [0.2, 0.25) is 0 Å². The van der Waals surface area contributed by atoms with Crippen molar-refractivity contribution in [3.63, 3.8) is 0 Å². The maximum Gasteiger partial charge on any atom is 0.249 e. The van der Waals surface area contributed by atoms with E-state index in [4.69, 9.17) is 0 Å². The average molecular weight is 357 g/mol. The van der Waals surface area contributed by atoms with Crippen LogP contribution < -0.4 is 5.32 Å². The minimum Gasteiger partial charge on any atom is -0.324 e. The number of aromatic nitrogens is 4. The largest absolute Gasteiger partial charge is 0.324 e. The minimum absolute atomic E-state index is 0.184. The van der Waals surface area contributed by atoms with Crippen LogP contribution in [0.5, 0.6) is 0 Å². The van der Waals surface area contributed by atoms with Crippen LogP contribution in [0, 0.1) is 25.5 Å². The molecule has 0 fully saturated rings. The highest BCUT2D eigenvalue weighted by molar-refractivity contribution is 5.93. The molecule has 0 saturated heterocycles. The molecule has 1 unspecified atom stereocenters. The Morgan fingerprint density at radius 2 is 2.00 bits per heavy atom. The second-order valence-electron chi connectivity index (χ2n) is 5.97. The van der Waals surface area contributed by atoms with Gasteiger partial charge in [0.2, 0.25) is 5.91 Å². The number of halogens is 2. The molecule has 0 aliphatic heterocycles. The van der Waals surface area contributed by atoms with Crippen LogP contribution in [0.15, 0.2) is 42.5 Å². The predicted octanol–water partition coefficient (Wildman–Crippen LogP) is 2.99. The zero-order valence-corrected chi connectivity index (χ0v) is 14.3. The first-order chi connectivity index (χ1) is 12.4. The second-order valence-corrected chi connectivity index (χ2v) is 5.97. The number of hydrogen-bond donors (Lipinski definition) is 1. The topological polar surface area (TPSA) is 72.7 Å². The minimum atomic E-state index is -0.809. The van der Waals surface area contributed by atoms with Crippen molar-refractivity contribution in [2.24, 2.45) is 0 Å². The van der Waals surface area contributed by atoms with E-state index in [-0.39, 0.29) is 6.42 Å². The van der Waals surface area contributed by atoms with Gasteiger partial charge in [-0.3, -0.25) is 4.79 Å². The van der Waals surface area contributed by atoms with Crippen LogP contribution in [0.3, 0.4) is 0 Å². The second kappa shape index (κ2) is 7.38. The summed E-state index contributed by atoms with van der Waals surface area (Å²) in [7, 11) is 0. The van der Waals surface area contributed by atoms with Gasteiger partial charge in [0.05, 0.1) is 0 Å². The number of anilines is 1. The number of rotatable bonds is 5. The molecule has 8 heteroatoms. The van der Waals surface area contributed by atoms with Crippen LogP contribution in [-0.2, 0) is 11.2 Å². The predicted molar refractivity (Wildman–Crippen MR) is 91.5 cm³/mol. The first-order valence-electron chi connectivity index (χ1n) is 8.00. The number of nitrogens with one attached hydrogen (secondary N) is 1. The monoisotopic (exact) mass is 357 g/mol. The van der Waals surface area contributed by atoms with Crippen molar-refractivity contribution in [1.82, 2.24) is 20.2 Å². The van der Waals surface area contributed by atoms with Crippen molar-refractivity contribution in [2.75, 3.05) is 5.32 Å². The fraction of sp³-hybridized carbons (Fsp3) is 0.222. The Labute approximate surface area is 148 Å². The molecular formula is C18H17F2N5O. The maximum atomic E-state index is 13.7. The quantitative estimate of drug-likeness (QED) is 0.762. The lowest BCUT2D eigenvalue weighted by molar-refractivity contribution is -0.119. The number of nitrogens with zero attached hydrogens (tertiary/aromatic N) is 4. The number of benzene rings is 2. The van der Waals surface area contributed by atoms with Crippen molar-refractivity contribution in [1.29, 1.82) is 0 Å². The van der Waals surface area contributed by atoms with Crippen molar-refractivity contribution in [2.45, 2.75) is 26.3 Å². The van der Waals surface area contributed by atoms with E-state index in [9.17, 15) is 13.6 Å². The van der Waals surface area contributed by atoms with Crippen molar-refractivity contribution >= 4 is 11.6 Å². The summed E-state index contributed by atoms with van der Waals surface area (Å²) in [5.41, 5.74) is 1.43. The SMILES string of the molecule is Cc1ccc(NC(=O)C(Cc2cccc(F)c2)n2nnnc2C)cc1F. The van der Waals surface area contributed by atoms with Crippen LogP contribution in [-0.4, -0.2) is 26.1 Å². The molecule has 0 aliphatic rings. The molecule has 0 saturated carbocycles. The van der Waals surface area contributed by atoms with E-state index in [1.807, 2.05) is 0 Å². The van der Waals surface area contributed by atoms with Crippen molar-refractivity contribution in [3.8, 4) is 0 Å². The molecular weight excluding hydrogens is 340 g/mol. The van der Waals surface area contributed by atoms with E-state index in [1.54, 1.807) is 38.1 Å². The highest BCUT2D eigenvalue weighted by Crippen LogP contribution is 2.20. The molecule has 0 spiro atoms. The molecule has 1 amide bonds. The van der Waals surface area contributed by atoms with E-state index in [0.717, 1.165) is 0 Å². The van der Waals surface area contributed by atoms with E-state index < -0.39 is 23.6 Å². The normalized spacial score (nSPS) is 12.0. The Morgan fingerprint density at radius 3 is 2.65 bits per heavy atom. The summed E-state index contributed by atoms with van der Waals surface area (Å²) in [6.45, 7) is 3.30. The van der Waals surface area contributed by atoms with Gasteiger partial charge < -0.3 is 5.32 Å². The molecule has 1 atom stereocenters. The lowest BCUT2D eigenvalue weighted by Gasteiger charge is -2.18. The Balaban J connectivity index is 1.88. The van der Waals surface area contributed by atoms with Crippen LogP contribution in [0.4, 0.5) is 14.5 Å². The number of carbonyl (C=O) groups is 1. The molecule has 1 aromatic heterocycles. The van der Waals surface area contributed by atoms with Crippen LogP contribution >= 0.6 is 0 Å². The third kappa shape index (κ3) is 3.90. The average Bonchev–Trinajstić information content (AvgIpc) is 3.02. The maximum absolute atomic E-state index is 13.7. The lowest BCUT2D eigenvalue weighted by Crippen LogP contribution is -2.29. The smallest absolute Gasteiger partial charge is 0.249 e. The molecule has 3 aromatic rings. The summed E-state index contributed by atoms with van der Waals surface area (Å²) in [5, 5.41) is 13.9. The third-order valence-corrected chi connectivity index (χ3v) is 4.01. The molecule has 2 aromatic carbocycles. The van der Waals surface area contributed by atoms with E-state index in [0.29, 0.717) is 22.6 Å². The highest BCUT2D eigenvalue weighted by Gasteiger charge is 2.24. The van der Waals surface area contributed by atoms with E-state index in [1.165, 1.54) is 22.9 Å². The third-order valence-electron chi connectivity index (χ3n) is 4.01. The molecule has 1 heterocycles. The van der Waals surface area contributed by atoms with Crippen LogP contribution in [0.1, 0.15) is 23.0 Å². The highest BCUT2D eigenvalue weighted by atomic mass is 19.1. The van der Waals surface area contributed by atoms with Gasteiger partial charge in [0.15, 0.2) is 0 Å². The number of amides is 1. The first kappa shape index (κ1) is 17.7. The van der Waals surface area contributed by atoms with E-state index >= 15 is 0 Å². The fourth-order valence-corrected chi connectivity index (χ4v) is 2.60. The molecule has 26 heavy (non-hydrogen) atoms. The first-order valence-corrected chi connectivity index (χ1v) is 8.00. The van der Waals surface area contributed by atoms with Gasteiger partial charge in [-0.1, -0.05) is 18.2 Å². The lowest BCUT2D eigenvalue weighted by atomic mass is 10.0. The molecule has 134 valence electrons. The molecule has 0 bridgehead atoms. The standard InChI is InChI=1S/C18H17F2N5O/c1-11-6-7-15(10-16(11)20)21-18(26)17(25-12(2)22-23-24-25)9-13-4-3-5-14(19)8-13/h3-8,10,17H,9H2,1-2H3,(H,21,26). The zero-order chi connectivity index (χ0) is 18.7. The van der Waals surface area contributed by atoms with Crippen molar-refractivity contribution < 1.29 is 13.6 Å². The van der Waals surface area contributed by atoms with Gasteiger partial charge in [0, 0.05) is 12.1 Å². The summed E-state index contributed by atoms with van der Waals surface area (Å²) >= 11 is 0. The Hall–Kier alpha value is -3.16. The Kier molecular flexibility index (Phi) is 5.01. The van der Waals surface area contributed by atoms with Crippen LogP contribution in [0.25, 0.3) is 0 Å². The molecule has 1 N–H and O–H groups in total. The van der Waals surface area contributed by atoms with Gasteiger partial charge in [-0.15, -0.1) is 5.10 Å².